The van der Waals surface area contributed by atoms with Crippen molar-refractivity contribution in [2.24, 2.45) is 23.7 Å². The maximum absolute atomic E-state index is 10.4. The van der Waals surface area contributed by atoms with Crippen molar-refractivity contribution in [2.45, 2.75) is 198 Å². The summed E-state index contributed by atoms with van der Waals surface area (Å²) < 4.78 is 22.8. The molecule has 0 aliphatic carbocycles. The first-order chi connectivity index (χ1) is 48.3. The predicted molar refractivity (Wildman–Crippen MR) is 407 cm³/mol. The van der Waals surface area contributed by atoms with E-state index >= 15 is 0 Å². The number of phenolic OH excluding ortho intramolecular Hbond substituents is 4. The smallest absolute Gasteiger partial charge is 1.00 e. The van der Waals surface area contributed by atoms with Crippen molar-refractivity contribution < 1.29 is 179 Å². The van der Waals surface area contributed by atoms with Crippen LogP contribution >= 0.6 is 15.9 Å². The van der Waals surface area contributed by atoms with Crippen LogP contribution in [-0.4, -0.2) is 59.3 Å². The van der Waals surface area contributed by atoms with Crippen LogP contribution in [-0.2, 0) is 34.2 Å². The minimum Gasteiger partial charge on any atom is -1.00 e. The number of carbonyl (C=O) groups excluding carboxylic acids is 1. The van der Waals surface area contributed by atoms with Gasteiger partial charge in [-0.05, 0) is 205 Å². The molecule has 18 heteroatoms. The van der Waals surface area contributed by atoms with Crippen molar-refractivity contribution in [3.63, 3.8) is 0 Å². The number of aliphatic hydroxyl groups is 4. The molecular weight excluding hydrogens is 1420 g/mol. The van der Waals surface area contributed by atoms with E-state index in [1.807, 2.05) is 111 Å². The van der Waals surface area contributed by atoms with Crippen molar-refractivity contribution >= 4 is 22.4 Å². The van der Waals surface area contributed by atoms with Gasteiger partial charge in [-0.15, -0.1) is 0 Å². The van der Waals surface area contributed by atoms with E-state index < -0.39 is 24.4 Å². The van der Waals surface area contributed by atoms with Gasteiger partial charge >= 0.3 is 103 Å². The number of aliphatic hydroxyl groups excluding tert-OH is 4. The van der Waals surface area contributed by atoms with Crippen LogP contribution in [0.3, 0.4) is 0 Å². The van der Waals surface area contributed by atoms with Crippen molar-refractivity contribution in [1.29, 1.82) is 0 Å². The third-order valence-corrected chi connectivity index (χ3v) is 17.6. The number of ether oxygens (including phenoxy) is 4. The van der Waals surface area contributed by atoms with Gasteiger partial charge in [-0.2, -0.15) is 0 Å². The molecule has 103 heavy (non-hydrogen) atoms. The first-order valence-corrected chi connectivity index (χ1v) is 36.5. The molecular formula is C85H115BrK2O15. The summed E-state index contributed by atoms with van der Waals surface area (Å²) in [5.41, 5.74) is 11.1. The Balaban J connectivity index is 0.00000123. The minimum atomic E-state index is -0.619. The van der Waals surface area contributed by atoms with E-state index in [1.165, 1.54) is 59.5 Å². The maximum Gasteiger partial charge on any atom is 1.00 e. The zero-order chi connectivity index (χ0) is 74.7. The van der Waals surface area contributed by atoms with E-state index in [0.717, 1.165) is 108 Å². The molecule has 8 N–H and O–H groups in total. The maximum atomic E-state index is 10.4. The second kappa shape index (κ2) is 55.7. The summed E-state index contributed by atoms with van der Waals surface area (Å²) in [6, 6.07) is 57.0. The number of carbonyl (C=O) groups is 1. The van der Waals surface area contributed by atoms with Crippen LogP contribution in [0.1, 0.15) is 220 Å². The van der Waals surface area contributed by atoms with Gasteiger partial charge in [0, 0.05) is 17.5 Å². The summed E-state index contributed by atoms with van der Waals surface area (Å²) in [6.07, 6.45) is 7.81. The molecule has 8 unspecified atom stereocenters. The van der Waals surface area contributed by atoms with Crippen molar-refractivity contribution in [1.82, 2.24) is 0 Å². The predicted octanol–water partition coefficient (Wildman–Crippen LogP) is 13.6. The molecule has 554 valence electrons. The Morgan fingerprint density at radius 1 is 0.447 bits per heavy atom. The van der Waals surface area contributed by atoms with Crippen LogP contribution in [0.5, 0.6) is 40.2 Å². The zero-order valence-corrected chi connectivity index (χ0v) is 71.3. The Morgan fingerprint density at radius 2 is 0.728 bits per heavy atom. The van der Waals surface area contributed by atoms with Gasteiger partial charge in [0.2, 0.25) is 0 Å². The number of epoxide rings is 1. The van der Waals surface area contributed by atoms with E-state index in [9.17, 15) is 40.9 Å². The SMILES string of the molecule is CCC(C)C.CCC(C)CCC(O)c1cc(C)cc(OCc2ccccc2)c1.CCC(C)CCC(O)c1cc(O)cc(O)c1.CCC(C)CCC(O)c1cc(O)cc(O)c1.Cc1cc(OCc2ccccc2)cc(C(O)CBr)c1.Cc1cc(OCc2ccccc2)cc(C2CO2)c1.O=CO[O-].[H-].[K+].[K+]. The Labute approximate surface area is 709 Å². The molecule has 1 fully saturated rings. The molecule has 15 nitrogen and oxygen atoms in total. The largest absolute Gasteiger partial charge is 1.00 e. The van der Waals surface area contributed by atoms with Crippen LogP contribution in [0.25, 0.3) is 0 Å². The molecule has 0 radical (unpaired) electrons. The Morgan fingerprint density at radius 3 is 1.00 bits per heavy atom. The number of hydrogen-bond acceptors (Lipinski definition) is 15. The molecule has 0 bridgehead atoms. The second-order valence-corrected chi connectivity index (χ2v) is 27.1. The van der Waals surface area contributed by atoms with E-state index in [4.69, 9.17) is 29.0 Å². The van der Waals surface area contributed by atoms with Crippen molar-refractivity contribution in [2.75, 3.05) is 11.9 Å². The van der Waals surface area contributed by atoms with Crippen molar-refractivity contribution in [3.05, 3.63) is 243 Å². The van der Waals surface area contributed by atoms with Gasteiger partial charge in [-0.25, -0.2) is 0 Å². The molecule has 1 aliphatic rings. The number of aromatic hydroxyl groups is 4. The van der Waals surface area contributed by atoms with E-state index in [-0.39, 0.29) is 140 Å². The summed E-state index contributed by atoms with van der Waals surface area (Å²) >= 11 is 3.29. The second-order valence-electron chi connectivity index (χ2n) is 26.4. The molecule has 1 heterocycles. The number of phenols is 4. The summed E-state index contributed by atoms with van der Waals surface area (Å²) in [6.45, 7) is 28.1. The average molecular weight is 1530 g/mol. The number of rotatable bonds is 29. The molecule has 1 saturated heterocycles. The van der Waals surface area contributed by atoms with Gasteiger partial charge in [0.1, 0.15) is 66.2 Å². The fourth-order valence-electron chi connectivity index (χ4n) is 9.76. The number of aryl methyl sites for hydroxylation is 3. The first kappa shape index (κ1) is 96.4. The zero-order valence-electron chi connectivity index (χ0n) is 64.5. The van der Waals surface area contributed by atoms with Gasteiger partial charge < -0.3 is 71.4 Å². The van der Waals surface area contributed by atoms with Gasteiger partial charge in [0.05, 0.1) is 31.0 Å². The average Bonchev–Trinajstić information content (AvgIpc) is 1.60. The third kappa shape index (κ3) is 43.1. The number of benzene rings is 8. The number of alkyl halides is 1. The fourth-order valence-corrected chi connectivity index (χ4v) is 10.1. The summed E-state index contributed by atoms with van der Waals surface area (Å²) in [7, 11) is 0. The van der Waals surface area contributed by atoms with Gasteiger partial charge in [0.25, 0.3) is 6.47 Å². The standard InChI is InChI=1S/C21H28O2.C16H17BrO2.C16H16O2.2C13H20O3.C5H12.CH2O3.2K.H/c1-4-16(2)10-11-21(22)19-12-17(3)13-20(14-19)23-15-18-8-6-5-7-9-18;1-12-7-14(16(18)10-17)9-15(8-12)19-11-13-5-3-2-4-6-13;1-12-7-14(16-11-18-16)9-15(8-12)17-10-13-5-3-2-4-6-13;2*1-3-9(2)4-5-13(16)10-6-11(14)8-12(15)7-10;1-4-5(2)3;2-1-4-3;;;/h5-9,12-14,16,21-22H,4,10-11,15H2,1-3H3;2-9,16,18H,10-11H2,1H3;2-9,16H,10-11H2,1H3;2*6-9,13-16H,3-5H2,1-2H3;5H,4H2,1-3H3;1,3H;;;/q;;;;;;;2*+1;-1/p-1. The number of halogens is 1. The minimum absolute atomic E-state index is 0. The third-order valence-electron chi connectivity index (χ3n) is 16.9. The Bertz CT molecular complexity index is 3410. The quantitative estimate of drug-likeness (QED) is 0.00542. The molecule has 0 amide bonds. The van der Waals surface area contributed by atoms with E-state index in [2.05, 4.69) is 139 Å². The normalized spacial score (nSPS) is 13.6. The van der Waals surface area contributed by atoms with Gasteiger partial charge in [-0.1, -0.05) is 213 Å². The molecule has 8 aromatic carbocycles. The van der Waals surface area contributed by atoms with Crippen LogP contribution in [0.2, 0.25) is 0 Å². The molecule has 8 aromatic rings. The summed E-state index contributed by atoms with van der Waals surface area (Å²) in [5.74, 6) is 5.18. The molecule has 8 atom stereocenters. The topological polar surface area (TPSA) is 251 Å². The summed E-state index contributed by atoms with van der Waals surface area (Å²) in [5, 5.41) is 86.2. The van der Waals surface area contributed by atoms with Crippen LogP contribution < -0.4 is 122 Å². The summed E-state index contributed by atoms with van der Waals surface area (Å²) in [4.78, 5) is 11.2. The van der Waals surface area contributed by atoms with E-state index in [1.54, 1.807) is 0 Å². The van der Waals surface area contributed by atoms with Crippen LogP contribution in [0.15, 0.2) is 182 Å². The van der Waals surface area contributed by atoms with E-state index in [0.29, 0.717) is 66.9 Å². The molecule has 0 spiro atoms. The molecule has 0 aromatic heterocycles. The van der Waals surface area contributed by atoms with Crippen LogP contribution in [0, 0.1) is 44.4 Å². The molecule has 0 saturated carbocycles. The van der Waals surface area contributed by atoms with Crippen molar-refractivity contribution in [3.8, 4) is 40.2 Å². The van der Waals surface area contributed by atoms with Gasteiger partial charge in [-0.3, -0.25) is 4.79 Å². The monoisotopic (exact) mass is 1530 g/mol. The Kier molecular flexibility index (Phi) is 52.1. The Hall–Kier alpha value is -4.66. The van der Waals surface area contributed by atoms with Gasteiger partial charge in [0.15, 0.2) is 0 Å². The first-order valence-electron chi connectivity index (χ1n) is 35.3. The van der Waals surface area contributed by atoms with Crippen LogP contribution in [0.4, 0.5) is 0 Å². The molecule has 1 aliphatic heterocycles. The molecule has 9 rings (SSSR count). The fraction of sp³-hybridized carbons (Fsp3) is 0.424. The number of hydrogen-bond donors (Lipinski definition) is 8.